The second-order valence-electron chi connectivity index (χ2n) is 4.72. The first-order valence-electron chi connectivity index (χ1n) is 6.44. The Hall–Kier alpha value is -2.00. The van der Waals surface area contributed by atoms with Gasteiger partial charge in [0.2, 0.25) is 5.91 Å². The molecule has 0 spiro atoms. The van der Waals surface area contributed by atoms with Crippen LogP contribution in [0.5, 0.6) is 0 Å². The zero-order valence-electron chi connectivity index (χ0n) is 11.3. The van der Waals surface area contributed by atoms with E-state index in [0.29, 0.717) is 17.1 Å². The minimum absolute atomic E-state index is 0.0528. The van der Waals surface area contributed by atoms with E-state index in [1.165, 1.54) is 0 Å². The van der Waals surface area contributed by atoms with Crippen LogP contribution in [0.4, 0.5) is 5.69 Å². The van der Waals surface area contributed by atoms with Crippen LogP contribution in [0, 0.1) is 0 Å². The number of nitrogens with two attached hydrogens (primary N) is 1. The molecule has 0 fully saturated rings. The number of rotatable bonds is 4. The van der Waals surface area contributed by atoms with Crippen molar-refractivity contribution in [1.82, 2.24) is 5.32 Å². The average Bonchev–Trinajstić information content (AvgIpc) is 2.38. The molecule has 0 aliphatic carbocycles. The minimum atomic E-state index is -0.122. The van der Waals surface area contributed by atoms with Crippen LogP contribution < -0.4 is 11.1 Å². The molecule has 1 amide bonds. The molecule has 4 heteroatoms. The summed E-state index contributed by atoms with van der Waals surface area (Å²) in [7, 11) is 0. The Bertz CT molecular complexity index is 613. The van der Waals surface area contributed by atoms with Crippen molar-refractivity contribution in [3.05, 3.63) is 64.7 Å². The maximum atomic E-state index is 12.0. The highest BCUT2D eigenvalue weighted by Crippen LogP contribution is 2.19. The van der Waals surface area contributed by atoms with E-state index in [1.54, 1.807) is 12.1 Å². The summed E-state index contributed by atoms with van der Waals surface area (Å²) in [6.45, 7) is 1.92. The van der Waals surface area contributed by atoms with Gasteiger partial charge in [0, 0.05) is 10.7 Å². The fourth-order valence-corrected chi connectivity index (χ4v) is 2.32. The molecule has 0 radical (unpaired) electrons. The number of nitrogen functional groups attached to an aromatic ring is 1. The minimum Gasteiger partial charge on any atom is -0.398 e. The summed E-state index contributed by atoms with van der Waals surface area (Å²) in [6.07, 6.45) is 0.303. The molecular formula is C16H17ClN2O. The van der Waals surface area contributed by atoms with Gasteiger partial charge in [-0.2, -0.15) is 0 Å². The lowest BCUT2D eigenvalue weighted by molar-refractivity contribution is -0.121. The molecule has 0 saturated carbocycles. The third-order valence-electron chi connectivity index (χ3n) is 3.09. The molecule has 0 aromatic heterocycles. The van der Waals surface area contributed by atoms with Crippen LogP contribution in [-0.2, 0) is 11.2 Å². The molecule has 104 valence electrons. The molecule has 3 nitrogen and oxygen atoms in total. The predicted molar refractivity (Wildman–Crippen MR) is 82.6 cm³/mol. The lowest BCUT2D eigenvalue weighted by Crippen LogP contribution is -2.28. The Morgan fingerprint density at radius 3 is 2.70 bits per heavy atom. The van der Waals surface area contributed by atoms with Crippen molar-refractivity contribution in [2.45, 2.75) is 19.4 Å². The van der Waals surface area contributed by atoms with Gasteiger partial charge >= 0.3 is 0 Å². The van der Waals surface area contributed by atoms with Gasteiger partial charge in [-0.25, -0.2) is 0 Å². The van der Waals surface area contributed by atoms with E-state index in [-0.39, 0.29) is 11.9 Å². The summed E-state index contributed by atoms with van der Waals surface area (Å²) < 4.78 is 0. The van der Waals surface area contributed by atoms with Crippen molar-refractivity contribution in [2.75, 3.05) is 5.73 Å². The summed E-state index contributed by atoms with van der Waals surface area (Å²) >= 11 is 5.90. The van der Waals surface area contributed by atoms with Gasteiger partial charge in [-0.1, -0.05) is 41.9 Å². The molecule has 0 aliphatic heterocycles. The summed E-state index contributed by atoms with van der Waals surface area (Å²) in [5.41, 5.74) is 8.40. The summed E-state index contributed by atoms with van der Waals surface area (Å²) in [6, 6.07) is 14.7. The molecule has 0 heterocycles. The van der Waals surface area contributed by atoms with Crippen molar-refractivity contribution in [3.8, 4) is 0 Å². The predicted octanol–water partition coefficient (Wildman–Crippen LogP) is 3.34. The van der Waals surface area contributed by atoms with Crippen LogP contribution in [-0.4, -0.2) is 5.91 Å². The standard InChI is InChI=1S/C16H17ClN2O/c1-11(14-7-2-3-8-15(14)18)19-16(20)10-12-5-4-6-13(17)9-12/h2-9,11H,10,18H2,1H3,(H,19,20). The van der Waals surface area contributed by atoms with Gasteiger partial charge in [0.1, 0.15) is 0 Å². The second kappa shape index (κ2) is 6.44. The number of carbonyl (C=O) groups is 1. The number of hydrogen-bond acceptors (Lipinski definition) is 2. The van der Waals surface area contributed by atoms with Crippen molar-refractivity contribution in [2.24, 2.45) is 0 Å². The molecule has 2 rings (SSSR count). The van der Waals surface area contributed by atoms with E-state index in [0.717, 1.165) is 11.1 Å². The molecule has 1 unspecified atom stereocenters. The van der Waals surface area contributed by atoms with Crippen LogP contribution >= 0.6 is 11.6 Å². The van der Waals surface area contributed by atoms with Gasteiger partial charge in [0.05, 0.1) is 12.5 Å². The lowest BCUT2D eigenvalue weighted by atomic mass is 10.1. The Kier molecular flexibility index (Phi) is 4.64. The van der Waals surface area contributed by atoms with Gasteiger partial charge in [0.25, 0.3) is 0 Å². The largest absolute Gasteiger partial charge is 0.398 e. The van der Waals surface area contributed by atoms with Crippen LogP contribution in [0.3, 0.4) is 0 Å². The summed E-state index contributed by atoms with van der Waals surface area (Å²) in [5, 5.41) is 3.58. The van der Waals surface area contributed by atoms with Crippen LogP contribution in [0.2, 0.25) is 5.02 Å². The first-order chi connectivity index (χ1) is 9.56. The molecule has 0 saturated heterocycles. The fraction of sp³-hybridized carbons (Fsp3) is 0.188. The lowest BCUT2D eigenvalue weighted by Gasteiger charge is -2.16. The molecular weight excluding hydrogens is 272 g/mol. The van der Waals surface area contributed by atoms with Gasteiger partial charge in [-0.3, -0.25) is 4.79 Å². The molecule has 0 bridgehead atoms. The zero-order valence-corrected chi connectivity index (χ0v) is 12.0. The molecule has 2 aromatic rings. The normalized spacial score (nSPS) is 11.9. The number of carbonyl (C=O) groups excluding carboxylic acids is 1. The van der Waals surface area contributed by atoms with E-state index >= 15 is 0 Å². The zero-order chi connectivity index (χ0) is 14.5. The van der Waals surface area contributed by atoms with Crippen LogP contribution in [0.25, 0.3) is 0 Å². The smallest absolute Gasteiger partial charge is 0.224 e. The Morgan fingerprint density at radius 1 is 1.25 bits per heavy atom. The Balaban J connectivity index is 2.00. The van der Waals surface area contributed by atoms with Crippen molar-refractivity contribution in [3.63, 3.8) is 0 Å². The van der Waals surface area contributed by atoms with Gasteiger partial charge in [-0.15, -0.1) is 0 Å². The third kappa shape index (κ3) is 3.75. The number of para-hydroxylation sites is 1. The number of hydrogen-bond donors (Lipinski definition) is 2. The topological polar surface area (TPSA) is 55.1 Å². The second-order valence-corrected chi connectivity index (χ2v) is 5.16. The van der Waals surface area contributed by atoms with Crippen molar-refractivity contribution >= 4 is 23.2 Å². The molecule has 2 aromatic carbocycles. The highest BCUT2D eigenvalue weighted by molar-refractivity contribution is 6.30. The summed E-state index contributed by atoms with van der Waals surface area (Å²) in [4.78, 5) is 12.0. The van der Waals surface area contributed by atoms with Crippen LogP contribution in [0.15, 0.2) is 48.5 Å². The van der Waals surface area contributed by atoms with E-state index < -0.39 is 0 Å². The number of benzene rings is 2. The fourth-order valence-electron chi connectivity index (χ4n) is 2.11. The number of nitrogens with one attached hydrogen (secondary N) is 1. The molecule has 0 aliphatic rings. The maximum absolute atomic E-state index is 12.0. The van der Waals surface area contributed by atoms with E-state index in [4.69, 9.17) is 17.3 Å². The van der Waals surface area contributed by atoms with E-state index in [1.807, 2.05) is 43.3 Å². The number of amides is 1. The average molecular weight is 289 g/mol. The van der Waals surface area contributed by atoms with Crippen molar-refractivity contribution in [1.29, 1.82) is 0 Å². The van der Waals surface area contributed by atoms with E-state index in [2.05, 4.69) is 5.32 Å². The Morgan fingerprint density at radius 2 is 2.00 bits per heavy atom. The van der Waals surface area contributed by atoms with Gasteiger partial charge < -0.3 is 11.1 Å². The van der Waals surface area contributed by atoms with E-state index in [9.17, 15) is 4.79 Å². The van der Waals surface area contributed by atoms with Crippen molar-refractivity contribution < 1.29 is 4.79 Å². The number of anilines is 1. The molecule has 1 atom stereocenters. The quantitative estimate of drug-likeness (QED) is 0.848. The number of halogens is 1. The summed E-state index contributed by atoms with van der Waals surface area (Å²) in [5.74, 6) is -0.0528. The molecule has 20 heavy (non-hydrogen) atoms. The SMILES string of the molecule is CC(NC(=O)Cc1cccc(Cl)c1)c1ccccc1N. The van der Waals surface area contributed by atoms with Gasteiger partial charge in [0.15, 0.2) is 0 Å². The van der Waals surface area contributed by atoms with Crippen LogP contribution in [0.1, 0.15) is 24.1 Å². The third-order valence-corrected chi connectivity index (χ3v) is 3.33. The van der Waals surface area contributed by atoms with Gasteiger partial charge in [-0.05, 0) is 36.2 Å². The maximum Gasteiger partial charge on any atom is 0.224 e. The highest BCUT2D eigenvalue weighted by atomic mass is 35.5. The monoisotopic (exact) mass is 288 g/mol. The first-order valence-corrected chi connectivity index (χ1v) is 6.82. The molecule has 3 N–H and O–H groups in total. The first kappa shape index (κ1) is 14.4. The Labute approximate surface area is 123 Å². The highest BCUT2D eigenvalue weighted by Gasteiger charge is 2.12.